The van der Waals surface area contributed by atoms with E-state index in [1.165, 1.54) is 16.2 Å². The van der Waals surface area contributed by atoms with E-state index in [9.17, 15) is 0 Å². The number of hydrogen-bond donors (Lipinski definition) is 2. The summed E-state index contributed by atoms with van der Waals surface area (Å²) in [6, 6.07) is 16.6. The molecule has 28 heavy (non-hydrogen) atoms. The first-order valence-corrected chi connectivity index (χ1v) is 10.1. The number of rotatable bonds is 9. The lowest BCUT2D eigenvalue weighted by molar-refractivity contribution is -0.858. The third-order valence-electron chi connectivity index (χ3n) is 4.55. The molecule has 0 unspecified atom stereocenters. The number of nitrogens with one attached hydrogen (secondary N) is 2. The van der Waals surface area contributed by atoms with Gasteiger partial charge in [-0.2, -0.15) is 0 Å². The minimum atomic E-state index is 0.713. The van der Waals surface area contributed by atoms with E-state index in [-0.39, 0.29) is 0 Å². The van der Waals surface area contributed by atoms with E-state index in [4.69, 9.17) is 17.0 Å². The van der Waals surface area contributed by atoms with E-state index in [1.807, 2.05) is 38.4 Å². The van der Waals surface area contributed by atoms with E-state index in [0.717, 1.165) is 36.1 Å². The Balaban J connectivity index is 2.13. The van der Waals surface area contributed by atoms with E-state index in [0.29, 0.717) is 6.54 Å². The molecular formula is C22H33N4OS+. The van der Waals surface area contributed by atoms with Crippen LogP contribution < -0.4 is 24.8 Å². The fraction of sp³-hybridized carbons (Fsp3) is 0.409. The Morgan fingerprint density at radius 1 is 1.00 bits per heavy atom. The standard InChI is InChI=1S/C22H32N4OS/c1-24(2)16-6-15-23-22(28)26(20-11-13-21(27-5)14-12-20)17-18-7-9-19(10-8-18)25(3)4/h7-14H,6,15-17H2,1-5H3,(H,23,28)/p+1. The summed E-state index contributed by atoms with van der Waals surface area (Å²) in [7, 11) is 10.1. The van der Waals surface area contributed by atoms with Gasteiger partial charge in [0.15, 0.2) is 5.11 Å². The summed E-state index contributed by atoms with van der Waals surface area (Å²) in [6.45, 7) is 2.70. The van der Waals surface area contributed by atoms with Crippen LogP contribution in [-0.4, -0.2) is 53.5 Å². The molecule has 0 aromatic heterocycles. The lowest BCUT2D eigenvalue weighted by atomic mass is 10.1. The van der Waals surface area contributed by atoms with E-state index in [1.54, 1.807) is 7.11 Å². The summed E-state index contributed by atoms with van der Waals surface area (Å²) >= 11 is 5.73. The second-order valence-electron chi connectivity index (χ2n) is 7.39. The van der Waals surface area contributed by atoms with Gasteiger partial charge < -0.3 is 24.8 Å². The predicted molar refractivity (Wildman–Crippen MR) is 123 cm³/mol. The molecule has 6 heteroatoms. The summed E-state index contributed by atoms with van der Waals surface area (Å²) in [4.78, 5) is 5.69. The highest BCUT2D eigenvalue weighted by molar-refractivity contribution is 7.80. The fourth-order valence-electron chi connectivity index (χ4n) is 2.86. The number of anilines is 2. The van der Waals surface area contributed by atoms with Gasteiger partial charge in [-0.25, -0.2) is 0 Å². The van der Waals surface area contributed by atoms with Crippen molar-refractivity contribution in [1.82, 2.24) is 5.32 Å². The minimum Gasteiger partial charge on any atom is -0.497 e. The highest BCUT2D eigenvalue weighted by Crippen LogP contribution is 2.22. The molecule has 0 radical (unpaired) electrons. The van der Waals surface area contributed by atoms with Gasteiger partial charge in [0.25, 0.3) is 0 Å². The van der Waals surface area contributed by atoms with E-state index in [2.05, 4.69) is 53.5 Å². The molecule has 2 aromatic carbocycles. The largest absolute Gasteiger partial charge is 0.497 e. The molecule has 0 fully saturated rings. The zero-order valence-electron chi connectivity index (χ0n) is 17.7. The lowest BCUT2D eigenvalue weighted by Gasteiger charge is -2.27. The maximum atomic E-state index is 5.73. The average molecular weight is 402 g/mol. The van der Waals surface area contributed by atoms with Gasteiger partial charge in [-0.15, -0.1) is 0 Å². The van der Waals surface area contributed by atoms with Crippen LogP contribution in [0.3, 0.4) is 0 Å². The molecule has 2 rings (SSSR count). The molecule has 0 aliphatic heterocycles. The third kappa shape index (κ3) is 6.69. The Kier molecular flexibility index (Phi) is 8.54. The first-order chi connectivity index (χ1) is 13.4. The number of hydrogen-bond acceptors (Lipinski definition) is 3. The topological polar surface area (TPSA) is 32.2 Å². The molecule has 0 amide bonds. The predicted octanol–water partition coefficient (Wildman–Crippen LogP) is 2.18. The Bertz CT molecular complexity index is 729. The Labute approximate surface area is 174 Å². The van der Waals surface area contributed by atoms with Gasteiger partial charge in [0.05, 0.1) is 34.3 Å². The van der Waals surface area contributed by atoms with Gasteiger partial charge in [0, 0.05) is 38.4 Å². The van der Waals surface area contributed by atoms with E-state index < -0.39 is 0 Å². The van der Waals surface area contributed by atoms with Gasteiger partial charge >= 0.3 is 0 Å². The maximum Gasteiger partial charge on any atom is 0.173 e. The second kappa shape index (κ2) is 10.9. The van der Waals surface area contributed by atoms with Crippen LogP contribution in [0.15, 0.2) is 48.5 Å². The molecule has 2 N–H and O–H groups in total. The van der Waals surface area contributed by atoms with Crippen molar-refractivity contribution in [3.8, 4) is 5.75 Å². The zero-order valence-corrected chi connectivity index (χ0v) is 18.5. The fourth-order valence-corrected chi connectivity index (χ4v) is 3.13. The summed E-state index contributed by atoms with van der Waals surface area (Å²) in [6.07, 6.45) is 1.08. The molecule has 152 valence electrons. The van der Waals surface area contributed by atoms with Crippen LogP contribution in [0.2, 0.25) is 0 Å². The molecule has 0 aliphatic carbocycles. The summed E-state index contributed by atoms with van der Waals surface area (Å²) in [5.41, 5.74) is 3.45. The molecule has 2 aromatic rings. The van der Waals surface area contributed by atoms with Crippen molar-refractivity contribution in [2.45, 2.75) is 13.0 Å². The smallest absolute Gasteiger partial charge is 0.173 e. The minimum absolute atomic E-state index is 0.713. The number of quaternary nitrogens is 1. The lowest BCUT2D eigenvalue weighted by Crippen LogP contribution is -3.05. The van der Waals surface area contributed by atoms with Crippen molar-refractivity contribution >= 4 is 28.7 Å². The first-order valence-electron chi connectivity index (χ1n) is 9.65. The molecule has 0 heterocycles. The van der Waals surface area contributed by atoms with Crippen LogP contribution in [0.5, 0.6) is 5.75 Å². The molecule has 5 nitrogen and oxygen atoms in total. The Morgan fingerprint density at radius 3 is 2.14 bits per heavy atom. The van der Waals surface area contributed by atoms with E-state index >= 15 is 0 Å². The SMILES string of the molecule is COc1ccc(N(Cc2ccc(N(C)C)cc2)C(=S)NCCC[NH+](C)C)cc1. The van der Waals surface area contributed by atoms with Crippen molar-refractivity contribution in [2.24, 2.45) is 0 Å². The second-order valence-corrected chi connectivity index (χ2v) is 7.77. The van der Waals surface area contributed by atoms with Crippen molar-refractivity contribution in [3.63, 3.8) is 0 Å². The van der Waals surface area contributed by atoms with Crippen LogP contribution in [0, 0.1) is 0 Å². The molecule has 0 aliphatic rings. The van der Waals surface area contributed by atoms with Gasteiger partial charge in [-0.3, -0.25) is 0 Å². The summed E-state index contributed by atoms with van der Waals surface area (Å²) in [5, 5.41) is 4.17. The number of ether oxygens (including phenoxy) is 1. The highest BCUT2D eigenvalue weighted by atomic mass is 32.1. The number of methoxy groups -OCH3 is 1. The van der Waals surface area contributed by atoms with Crippen LogP contribution in [0.1, 0.15) is 12.0 Å². The Morgan fingerprint density at radius 2 is 1.61 bits per heavy atom. The molecule has 0 spiro atoms. The van der Waals surface area contributed by atoms with Crippen molar-refractivity contribution in [3.05, 3.63) is 54.1 Å². The molecule has 0 atom stereocenters. The molecule has 0 saturated heterocycles. The number of thiocarbonyl (C=S) groups is 1. The van der Waals surface area contributed by atoms with Gasteiger partial charge in [-0.05, 0) is 54.2 Å². The quantitative estimate of drug-likeness (QED) is 0.497. The zero-order chi connectivity index (χ0) is 20.5. The summed E-state index contributed by atoms with van der Waals surface area (Å²) in [5.74, 6) is 0.840. The highest BCUT2D eigenvalue weighted by Gasteiger charge is 2.13. The van der Waals surface area contributed by atoms with Gasteiger partial charge in [0.1, 0.15) is 5.75 Å². The van der Waals surface area contributed by atoms with Gasteiger partial charge in [-0.1, -0.05) is 12.1 Å². The molecule has 0 saturated carbocycles. The van der Waals surface area contributed by atoms with Crippen LogP contribution >= 0.6 is 12.2 Å². The van der Waals surface area contributed by atoms with Crippen LogP contribution in [-0.2, 0) is 6.54 Å². The van der Waals surface area contributed by atoms with Crippen molar-refractivity contribution in [2.75, 3.05) is 58.2 Å². The molecule has 0 bridgehead atoms. The van der Waals surface area contributed by atoms with Crippen LogP contribution in [0.4, 0.5) is 11.4 Å². The van der Waals surface area contributed by atoms with Crippen molar-refractivity contribution in [1.29, 1.82) is 0 Å². The Hall–Kier alpha value is -2.31. The average Bonchev–Trinajstić information content (AvgIpc) is 2.69. The first kappa shape index (κ1) is 22.0. The maximum absolute atomic E-state index is 5.73. The molecular weight excluding hydrogens is 368 g/mol. The monoisotopic (exact) mass is 401 g/mol. The van der Waals surface area contributed by atoms with Crippen molar-refractivity contribution < 1.29 is 9.64 Å². The normalized spacial score (nSPS) is 10.6. The van der Waals surface area contributed by atoms with Crippen LogP contribution in [0.25, 0.3) is 0 Å². The van der Waals surface area contributed by atoms with Gasteiger partial charge in [0.2, 0.25) is 0 Å². The third-order valence-corrected chi connectivity index (χ3v) is 4.92. The number of nitrogens with zero attached hydrogens (tertiary/aromatic N) is 2. The number of benzene rings is 2. The summed E-state index contributed by atoms with van der Waals surface area (Å²) < 4.78 is 5.29.